The fourth-order valence-electron chi connectivity index (χ4n) is 3.53. The van der Waals surface area contributed by atoms with Crippen LogP contribution < -0.4 is 0 Å². The maximum absolute atomic E-state index is 12.7. The molecule has 21 heavy (non-hydrogen) atoms. The molecule has 6 nitrogen and oxygen atoms in total. The van der Waals surface area contributed by atoms with E-state index in [1.54, 1.807) is 10.7 Å². The quantitative estimate of drug-likeness (QED) is 0.898. The van der Waals surface area contributed by atoms with Crippen LogP contribution in [0, 0.1) is 5.92 Å². The van der Waals surface area contributed by atoms with Crippen molar-refractivity contribution in [3.05, 3.63) is 24.2 Å². The molecule has 3 heterocycles. The summed E-state index contributed by atoms with van der Waals surface area (Å²) in [5.74, 6) is 0.414. The SMILES string of the molecule is Cn1ccn2ncc(C(=O)N3CCC(C4(O)CC4)CC3)c12. The molecule has 4 rings (SSSR count). The largest absolute Gasteiger partial charge is 0.390 e. The molecule has 0 atom stereocenters. The molecule has 1 amide bonds. The number of carbonyl (C=O) groups excluding carboxylic acids is 1. The zero-order valence-electron chi connectivity index (χ0n) is 12.2. The fraction of sp³-hybridized carbons (Fsp3) is 0.600. The third kappa shape index (κ3) is 1.97. The van der Waals surface area contributed by atoms with Crippen molar-refractivity contribution in [1.29, 1.82) is 0 Å². The van der Waals surface area contributed by atoms with Gasteiger partial charge in [-0.15, -0.1) is 0 Å². The number of rotatable bonds is 2. The third-order valence-electron chi connectivity index (χ3n) is 5.07. The van der Waals surface area contributed by atoms with Crippen LogP contribution in [0.5, 0.6) is 0 Å². The number of nitrogens with zero attached hydrogens (tertiary/aromatic N) is 4. The summed E-state index contributed by atoms with van der Waals surface area (Å²) in [5, 5.41) is 14.4. The zero-order valence-corrected chi connectivity index (χ0v) is 12.2. The summed E-state index contributed by atoms with van der Waals surface area (Å²) in [5.41, 5.74) is 1.08. The maximum atomic E-state index is 12.7. The summed E-state index contributed by atoms with van der Waals surface area (Å²) in [6, 6.07) is 0. The van der Waals surface area contributed by atoms with Crippen molar-refractivity contribution < 1.29 is 9.90 Å². The highest BCUT2D eigenvalue weighted by atomic mass is 16.3. The van der Waals surface area contributed by atoms with Gasteiger partial charge in [0.2, 0.25) is 0 Å². The predicted molar refractivity (Wildman–Crippen MR) is 77.0 cm³/mol. The van der Waals surface area contributed by atoms with Gasteiger partial charge in [0, 0.05) is 32.5 Å². The summed E-state index contributed by atoms with van der Waals surface area (Å²) in [7, 11) is 1.92. The number of amides is 1. The van der Waals surface area contributed by atoms with Crippen LogP contribution in [0.4, 0.5) is 0 Å². The van der Waals surface area contributed by atoms with E-state index in [4.69, 9.17) is 0 Å². The molecule has 2 aromatic heterocycles. The number of hydrogen-bond acceptors (Lipinski definition) is 3. The van der Waals surface area contributed by atoms with Gasteiger partial charge in [-0.2, -0.15) is 5.10 Å². The smallest absolute Gasteiger partial charge is 0.259 e. The lowest BCUT2D eigenvalue weighted by Gasteiger charge is -2.34. The number of aliphatic hydroxyl groups is 1. The molecule has 2 fully saturated rings. The van der Waals surface area contributed by atoms with E-state index < -0.39 is 5.60 Å². The first kappa shape index (κ1) is 12.9. The van der Waals surface area contributed by atoms with E-state index in [0.717, 1.165) is 44.4 Å². The molecule has 0 spiro atoms. The summed E-state index contributed by atoms with van der Waals surface area (Å²) in [4.78, 5) is 14.6. The van der Waals surface area contributed by atoms with Gasteiger partial charge < -0.3 is 14.6 Å². The van der Waals surface area contributed by atoms with E-state index in [2.05, 4.69) is 5.10 Å². The Bertz CT molecular complexity index is 690. The molecule has 1 aliphatic carbocycles. The Kier molecular flexibility index (Phi) is 2.66. The molecule has 1 saturated carbocycles. The van der Waals surface area contributed by atoms with Gasteiger partial charge in [-0.3, -0.25) is 4.79 Å². The van der Waals surface area contributed by atoms with Crippen LogP contribution >= 0.6 is 0 Å². The molecule has 112 valence electrons. The lowest BCUT2D eigenvalue weighted by molar-refractivity contribution is 0.0341. The maximum Gasteiger partial charge on any atom is 0.259 e. The van der Waals surface area contributed by atoms with Crippen LogP contribution in [0.2, 0.25) is 0 Å². The van der Waals surface area contributed by atoms with Gasteiger partial charge in [0.15, 0.2) is 0 Å². The number of aryl methyl sites for hydroxylation is 1. The average Bonchev–Trinajstić information content (AvgIpc) is 2.96. The number of likely N-dealkylation sites (tertiary alicyclic amines) is 1. The zero-order chi connectivity index (χ0) is 14.6. The molecule has 0 bridgehead atoms. The van der Waals surface area contributed by atoms with Gasteiger partial charge in [-0.05, 0) is 31.6 Å². The second-order valence-corrected chi connectivity index (χ2v) is 6.41. The topological polar surface area (TPSA) is 62.8 Å². The molecule has 6 heteroatoms. The van der Waals surface area contributed by atoms with Crippen LogP contribution in [0.25, 0.3) is 5.65 Å². The van der Waals surface area contributed by atoms with E-state index in [-0.39, 0.29) is 5.91 Å². The minimum absolute atomic E-state index is 0.0491. The van der Waals surface area contributed by atoms with Gasteiger partial charge in [0.1, 0.15) is 11.2 Å². The minimum atomic E-state index is -0.418. The number of fused-ring (bicyclic) bond motifs is 1. The number of imidazole rings is 1. The van der Waals surface area contributed by atoms with Crippen LogP contribution in [-0.4, -0.2) is 48.8 Å². The van der Waals surface area contributed by atoms with E-state index in [9.17, 15) is 9.90 Å². The molecule has 1 aliphatic heterocycles. The van der Waals surface area contributed by atoms with Gasteiger partial charge in [0.25, 0.3) is 5.91 Å². The van der Waals surface area contributed by atoms with E-state index in [1.165, 1.54) is 0 Å². The highest BCUT2D eigenvalue weighted by Gasteiger charge is 2.48. The molecule has 0 unspecified atom stereocenters. The van der Waals surface area contributed by atoms with Crippen molar-refractivity contribution in [2.45, 2.75) is 31.3 Å². The van der Waals surface area contributed by atoms with Crippen LogP contribution in [0.3, 0.4) is 0 Å². The summed E-state index contributed by atoms with van der Waals surface area (Å²) in [6.07, 6.45) is 9.06. The van der Waals surface area contributed by atoms with E-state index in [0.29, 0.717) is 11.5 Å². The Morgan fingerprint density at radius 1 is 1.33 bits per heavy atom. The molecular weight excluding hydrogens is 268 g/mol. The summed E-state index contributed by atoms with van der Waals surface area (Å²) in [6.45, 7) is 1.46. The highest BCUT2D eigenvalue weighted by Crippen LogP contribution is 2.46. The Hall–Kier alpha value is -1.82. The number of carbonyl (C=O) groups is 1. The lowest BCUT2D eigenvalue weighted by Crippen LogP contribution is -2.41. The number of hydrogen-bond donors (Lipinski definition) is 1. The van der Waals surface area contributed by atoms with Crippen LogP contribution in [0.1, 0.15) is 36.0 Å². The first-order valence-corrected chi connectivity index (χ1v) is 7.59. The second-order valence-electron chi connectivity index (χ2n) is 6.41. The molecule has 2 aromatic rings. The minimum Gasteiger partial charge on any atom is -0.390 e. The molecule has 1 saturated heterocycles. The monoisotopic (exact) mass is 288 g/mol. The fourth-order valence-corrected chi connectivity index (χ4v) is 3.53. The second kappa shape index (κ2) is 4.34. The molecular formula is C15H20N4O2. The van der Waals surface area contributed by atoms with Crippen molar-refractivity contribution in [1.82, 2.24) is 19.1 Å². The Morgan fingerprint density at radius 3 is 2.71 bits per heavy atom. The number of piperidine rings is 1. The van der Waals surface area contributed by atoms with E-state index in [1.807, 2.05) is 28.9 Å². The van der Waals surface area contributed by atoms with Gasteiger partial charge in [-0.1, -0.05) is 0 Å². The summed E-state index contributed by atoms with van der Waals surface area (Å²) >= 11 is 0. The van der Waals surface area contributed by atoms with Crippen LogP contribution in [0.15, 0.2) is 18.6 Å². The van der Waals surface area contributed by atoms with Gasteiger partial charge >= 0.3 is 0 Å². The van der Waals surface area contributed by atoms with Crippen molar-refractivity contribution >= 4 is 11.6 Å². The molecule has 0 radical (unpaired) electrons. The molecule has 2 aliphatic rings. The number of aromatic nitrogens is 3. The van der Waals surface area contributed by atoms with Crippen molar-refractivity contribution in [3.63, 3.8) is 0 Å². The molecule has 1 N–H and O–H groups in total. The normalized spacial score (nSPS) is 21.9. The van der Waals surface area contributed by atoms with E-state index >= 15 is 0 Å². The Balaban J connectivity index is 1.52. The highest BCUT2D eigenvalue weighted by molar-refractivity contribution is 5.99. The molecule has 0 aromatic carbocycles. The Morgan fingerprint density at radius 2 is 2.05 bits per heavy atom. The predicted octanol–water partition coefficient (Wildman–Crippen LogP) is 1.05. The summed E-state index contributed by atoms with van der Waals surface area (Å²) < 4.78 is 3.65. The first-order chi connectivity index (χ1) is 10.1. The van der Waals surface area contributed by atoms with Gasteiger partial charge in [-0.25, -0.2) is 4.52 Å². The first-order valence-electron chi connectivity index (χ1n) is 7.59. The van der Waals surface area contributed by atoms with Crippen molar-refractivity contribution in [2.24, 2.45) is 13.0 Å². The third-order valence-corrected chi connectivity index (χ3v) is 5.07. The average molecular weight is 288 g/mol. The van der Waals surface area contributed by atoms with Crippen molar-refractivity contribution in [2.75, 3.05) is 13.1 Å². The van der Waals surface area contributed by atoms with Crippen molar-refractivity contribution in [3.8, 4) is 0 Å². The standard InChI is InChI=1S/C15H20N4O2/c1-17-8-9-19-13(17)12(10-16-19)14(20)18-6-2-11(3-7-18)15(21)4-5-15/h8-11,21H,2-7H2,1H3. The Labute approximate surface area is 123 Å². The lowest BCUT2D eigenvalue weighted by atomic mass is 9.89. The van der Waals surface area contributed by atoms with Crippen LogP contribution in [-0.2, 0) is 7.05 Å². The van der Waals surface area contributed by atoms with Gasteiger partial charge in [0.05, 0.1) is 11.8 Å².